The van der Waals surface area contributed by atoms with Crippen molar-refractivity contribution >= 4 is 17.9 Å². The fourth-order valence-corrected chi connectivity index (χ4v) is 6.60. The van der Waals surface area contributed by atoms with Crippen LogP contribution >= 0.6 is 0 Å². The van der Waals surface area contributed by atoms with Gasteiger partial charge in [0, 0.05) is 19.3 Å². The lowest BCUT2D eigenvalue weighted by Crippen LogP contribution is -2.30. The van der Waals surface area contributed by atoms with Gasteiger partial charge in [0.2, 0.25) is 0 Å². The minimum atomic E-state index is -0.780. The first kappa shape index (κ1) is 51.9. The third-order valence-corrected chi connectivity index (χ3v) is 10.2. The number of esters is 3. The molecule has 1 atom stereocenters. The summed E-state index contributed by atoms with van der Waals surface area (Å²) in [6.07, 6.45) is 47.5. The summed E-state index contributed by atoms with van der Waals surface area (Å²) in [4.78, 5) is 37.6. The molecule has 0 saturated heterocycles. The Hall–Kier alpha value is -2.11. The molecule has 0 bridgehead atoms. The first-order valence-corrected chi connectivity index (χ1v) is 23.3. The Balaban J connectivity index is 4.28. The number of hydrogen-bond donors (Lipinski definition) is 0. The molecule has 6 nitrogen and oxygen atoms in total. The van der Waals surface area contributed by atoms with Gasteiger partial charge in [-0.05, 0) is 57.8 Å². The standard InChI is InChI=1S/C48H88O6/c1-4-7-10-13-16-19-21-22-23-24-25-26-27-30-32-35-38-41-47(50)53-44-45(43-52-46(49)40-37-34-31-28-18-15-12-9-6-3)54-48(51)42-39-36-33-29-20-17-14-11-8-5-2/h14,17,28,31,45H,4-13,15-16,18-27,29-30,32-44H2,1-3H3/b17-14-,31-28-. The van der Waals surface area contributed by atoms with E-state index in [1.165, 1.54) is 128 Å². The highest BCUT2D eigenvalue weighted by Crippen LogP contribution is 2.15. The van der Waals surface area contributed by atoms with Gasteiger partial charge in [0.05, 0.1) is 0 Å². The molecular formula is C48H88O6. The fraction of sp³-hybridized carbons (Fsp3) is 0.854. The summed E-state index contributed by atoms with van der Waals surface area (Å²) >= 11 is 0. The third-order valence-electron chi connectivity index (χ3n) is 10.2. The van der Waals surface area contributed by atoms with Crippen LogP contribution < -0.4 is 0 Å². The van der Waals surface area contributed by atoms with Crippen molar-refractivity contribution in [2.75, 3.05) is 13.2 Å². The zero-order chi connectivity index (χ0) is 39.4. The highest BCUT2D eigenvalue weighted by atomic mass is 16.6. The summed E-state index contributed by atoms with van der Waals surface area (Å²) in [5.41, 5.74) is 0. The molecule has 0 rings (SSSR count). The van der Waals surface area contributed by atoms with Gasteiger partial charge in [0.15, 0.2) is 6.10 Å². The van der Waals surface area contributed by atoms with E-state index in [1.54, 1.807) is 0 Å². The maximum absolute atomic E-state index is 12.7. The highest BCUT2D eigenvalue weighted by Gasteiger charge is 2.19. The summed E-state index contributed by atoms with van der Waals surface area (Å²) in [7, 11) is 0. The zero-order valence-electron chi connectivity index (χ0n) is 36.0. The van der Waals surface area contributed by atoms with Crippen LogP contribution in [0.5, 0.6) is 0 Å². The second kappa shape index (κ2) is 43.6. The first-order valence-electron chi connectivity index (χ1n) is 23.3. The molecule has 0 radical (unpaired) electrons. The van der Waals surface area contributed by atoms with E-state index in [9.17, 15) is 14.4 Å². The summed E-state index contributed by atoms with van der Waals surface area (Å²) in [5, 5.41) is 0. The van der Waals surface area contributed by atoms with Gasteiger partial charge in [-0.25, -0.2) is 0 Å². The molecular weight excluding hydrogens is 673 g/mol. The van der Waals surface area contributed by atoms with Crippen molar-refractivity contribution in [3.63, 3.8) is 0 Å². The molecule has 0 amide bonds. The summed E-state index contributed by atoms with van der Waals surface area (Å²) in [6.45, 7) is 6.53. The molecule has 54 heavy (non-hydrogen) atoms. The van der Waals surface area contributed by atoms with Gasteiger partial charge in [0.1, 0.15) is 13.2 Å². The quantitative estimate of drug-likeness (QED) is 0.0267. The molecule has 0 fully saturated rings. The average molecular weight is 761 g/mol. The van der Waals surface area contributed by atoms with Gasteiger partial charge in [-0.2, -0.15) is 0 Å². The van der Waals surface area contributed by atoms with E-state index in [0.717, 1.165) is 77.0 Å². The predicted octanol–water partition coefficient (Wildman–Crippen LogP) is 14.8. The maximum Gasteiger partial charge on any atom is 0.306 e. The fourth-order valence-electron chi connectivity index (χ4n) is 6.60. The van der Waals surface area contributed by atoms with Crippen molar-refractivity contribution in [3.8, 4) is 0 Å². The Morgan fingerprint density at radius 3 is 1.07 bits per heavy atom. The Labute approximate surface area is 334 Å². The second-order valence-electron chi connectivity index (χ2n) is 15.7. The molecule has 0 spiro atoms. The number of unbranched alkanes of at least 4 members (excludes halogenated alkanes) is 27. The van der Waals surface area contributed by atoms with Crippen LogP contribution in [-0.2, 0) is 28.6 Å². The SMILES string of the molecule is CCCC/C=C\CCCCCCC(=O)OC(COC(=O)CCC/C=C\CCCCCC)COC(=O)CCCCCCCCCCCCCCCCCCC. The lowest BCUT2D eigenvalue weighted by atomic mass is 10.0. The van der Waals surface area contributed by atoms with Crippen molar-refractivity contribution in [2.24, 2.45) is 0 Å². The van der Waals surface area contributed by atoms with Crippen LogP contribution in [0.25, 0.3) is 0 Å². The number of rotatable bonds is 42. The van der Waals surface area contributed by atoms with Gasteiger partial charge in [-0.3, -0.25) is 14.4 Å². The largest absolute Gasteiger partial charge is 0.462 e. The van der Waals surface area contributed by atoms with Crippen LogP contribution in [0.4, 0.5) is 0 Å². The highest BCUT2D eigenvalue weighted by molar-refractivity contribution is 5.71. The van der Waals surface area contributed by atoms with Crippen molar-refractivity contribution in [2.45, 2.75) is 252 Å². The topological polar surface area (TPSA) is 78.9 Å². The normalized spacial score (nSPS) is 12.1. The van der Waals surface area contributed by atoms with Crippen LogP contribution in [0.2, 0.25) is 0 Å². The molecule has 0 aromatic carbocycles. The lowest BCUT2D eigenvalue weighted by molar-refractivity contribution is -0.167. The molecule has 0 aromatic rings. The van der Waals surface area contributed by atoms with Gasteiger partial charge < -0.3 is 14.2 Å². The summed E-state index contributed by atoms with van der Waals surface area (Å²) in [5.74, 6) is -0.927. The summed E-state index contributed by atoms with van der Waals surface area (Å²) < 4.78 is 16.6. The predicted molar refractivity (Wildman–Crippen MR) is 229 cm³/mol. The average Bonchev–Trinajstić information content (AvgIpc) is 3.17. The van der Waals surface area contributed by atoms with Gasteiger partial charge in [-0.1, -0.05) is 193 Å². The van der Waals surface area contributed by atoms with Crippen molar-refractivity contribution in [1.29, 1.82) is 0 Å². The van der Waals surface area contributed by atoms with E-state index in [1.807, 2.05) is 0 Å². The molecule has 6 heteroatoms. The third kappa shape index (κ3) is 41.1. The van der Waals surface area contributed by atoms with E-state index in [4.69, 9.17) is 14.2 Å². The van der Waals surface area contributed by atoms with Crippen LogP contribution in [0.1, 0.15) is 245 Å². The van der Waals surface area contributed by atoms with Gasteiger partial charge in [-0.15, -0.1) is 0 Å². The maximum atomic E-state index is 12.7. The Morgan fingerprint density at radius 2 is 0.648 bits per heavy atom. The second-order valence-corrected chi connectivity index (χ2v) is 15.7. The van der Waals surface area contributed by atoms with E-state index in [-0.39, 0.29) is 31.1 Å². The molecule has 0 aliphatic heterocycles. The first-order chi connectivity index (χ1) is 26.5. The number of carbonyl (C=O) groups is 3. The number of allylic oxidation sites excluding steroid dienone is 4. The van der Waals surface area contributed by atoms with Crippen LogP contribution in [-0.4, -0.2) is 37.2 Å². The Bertz CT molecular complexity index is 880. The van der Waals surface area contributed by atoms with Crippen molar-refractivity contribution in [1.82, 2.24) is 0 Å². The zero-order valence-corrected chi connectivity index (χ0v) is 36.0. The van der Waals surface area contributed by atoms with E-state index in [0.29, 0.717) is 19.3 Å². The van der Waals surface area contributed by atoms with Crippen LogP contribution in [0.3, 0.4) is 0 Å². The Morgan fingerprint density at radius 1 is 0.352 bits per heavy atom. The van der Waals surface area contributed by atoms with E-state index < -0.39 is 6.10 Å². The van der Waals surface area contributed by atoms with Gasteiger partial charge in [0.25, 0.3) is 0 Å². The van der Waals surface area contributed by atoms with Crippen LogP contribution in [0, 0.1) is 0 Å². The van der Waals surface area contributed by atoms with Gasteiger partial charge >= 0.3 is 17.9 Å². The number of carbonyl (C=O) groups excluding carboxylic acids is 3. The van der Waals surface area contributed by atoms with Crippen LogP contribution in [0.15, 0.2) is 24.3 Å². The molecule has 316 valence electrons. The lowest BCUT2D eigenvalue weighted by Gasteiger charge is -2.18. The Kier molecular flexibility index (Phi) is 41.9. The van der Waals surface area contributed by atoms with Crippen molar-refractivity contribution < 1.29 is 28.6 Å². The molecule has 0 N–H and O–H groups in total. The van der Waals surface area contributed by atoms with E-state index in [2.05, 4.69) is 45.1 Å². The molecule has 0 aliphatic carbocycles. The number of ether oxygens (including phenoxy) is 3. The van der Waals surface area contributed by atoms with Crippen molar-refractivity contribution in [3.05, 3.63) is 24.3 Å². The minimum Gasteiger partial charge on any atom is -0.462 e. The van der Waals surface area contributed by atoms with E-state index >= 15 is 0 Å². The molecule has 0 saturated carbocycles. The number of hydrogen-bond acceptors (Lipinski definition) is 6. The molecule has 1 unspecified atom stereocenters. The molecule has 0 heterocycles. The summed E-state index contributed by atoms with van der Waals surface area (Å²) in [6, 6.07) is 0. The minimum absolute atomic E-state index is 0.0814. The molecule has 0 aromatic heterocycles. The monoisotopic (exact) mass is 761 g/mol. The smallest absolute Gasteiger partial charge is 0.306 e. The molecule has 0 aliphatic rings.